The summed E-state index contributed by atoms with van der Waals surface area (Å²) >= 11 is 0. The fourth-order valence-corrected chi connectivity index (χ4v) is 2.23. The Bertz CT molecular complexity index is 56.1. The van der Waals surface area contributed by atoms with Gasteiger partial charge in [0, 0.05) is 9.76 Å². The lowest BCUT2D eigenvalue weighted by Gasteiger charge is -2.00. The predicted molar refractivity (Wildman–Crippen MR) is 41.7 cm³/mol. The zero-order chi connectivity index (χ0) is 5.70. The summed E-state index contributed by atoms with van der Waals surface area (Å²) in [5, 5.41) is 0. The van der Waals surface area contributed by atoms with Crippen molar-refractivity contribution in [2.75, 3.05) is 0 Å². The van der Waals surface area contributed by atoms with Crippen molar-refractivity contribution in [1.29, 1.82) is 0 Å². The molecule has 41 valence electrons. The first kappa shape index (κ1) is 7.35. The van der Waals surface area contributed by atoms with Gasteiger partial charge < -0.3 is 4.12 Å². The predicted octanol–water partition coefficient (Wildman–Crippen LogP) is -1.68. The van der Waals surface area contributed by atoms with Gasteiger partial charge in [-0.05, 0) is 6.04 Å². The second-order valence-electron chi connectivity index (χ2n) is 1.40. The summed E-state index contributed by atoms with van der Waals surface area (Å²) in [4.78, 5) is 0. The van der Waals surface area contributed by atoms with E-state index in [1.165, 1.54) is 9.76 Å². The maximum absolute atomic E-state index is 5.22. The van der Waals surface area contributed by atoms with Gasteiger partial charge in [0.1, 0.15) is 10.5 Å². The Morgan fingerprint density at radius 3 is 2.57 bits per heavy atom. The molecule has 0 spiro atoms. The normalized spacial score (nSPS) is 10.4. The molecule has 0 bridgehead atoms. The van der Waals surface area contributed by atoms with Gasteiger partial charge in [-0.1, -0.05) is 6.08 Å². The average Bonchev–Trinajstić information content (AvgIpc) is 1.68. The van der Waals surface area contributed by atoms with Gasteiger partial charge >= 0.3 is 0 Å². The lowest BCUT2D eigenvalue weighted by Crippen LogP contribution is -2.14. The molecule has 0 rings (SSSR count). The number of rotatable bonds is 3. The van der Waals surface area contributed by atoms with Crippen LogP contribution in [0.5, 0.6) is 0 Å². The van der Waals surface area contributed by atoms with Crippen LogP contribution in [0, 0.1) is 0 Å². The molecule has 0 saturated heterocycles. The van der Waals surface area contributed by atoms with Crippen molar-refractivity contribution in [2.45, 2.75) is 6.04 Å². The van der Waals surface area contributed by atoms with Crippen molar-refractivity contribution in [1.82, 2.24) is 0 Å². The van der Waals surface area contributed by atoms with Crippen LogP contribution >= 0.6 is 0 Å². The van der Waals surface area contributed by atoms with E-state index in [0.717, 1.165) is 16.5 Å². The van der Waals surface area contributed by atoms with Crippen LogP contribution in [-0.2, 0) is 4.12 Å². The van der Waals surface area contributed by atoms with Gasteiger partial charge in [0.05, 0.1) is 0 Å². The molecule has 0 aliphatic carbocycles. The molecule has 0 fully saturated rings. The minimum Gasteiger partial charge on any atom is -0.466 e. The highest BCUT2D eigenvalue weighted by molar-refractivity contribution is 7.00. The highest BCUT2D eigenvalue weighted by Gasteiger charge is 1.95. The minimum atomic E-state index is -0.297. The number of hydrogen-bond donors (Lipinski definition) is 0. The highest BCUT2D eigenvalue weighted by atomic mass is 29.2. The molecule has 0 aliphatic heterocycles. The molecule has 1 nitrogen and oxygen atoms in total. The molecule has 0 aliphatic rings. The van der Waals surface area contributed by atoms with Gasteiger partial charge in [0.25, 0.3) is 0 Å². The Morgan fingerprint density at radius 2 is 2.43 bits per heavy atom. The van der Waals surface area contributed by atoms with E-state index in [-0.39, 0.29) is 8.56 Å². The molecule has 0 aromatic heterocycles. The Labute approximate surface area is 52.2 Å². The molecular formula is C3H11OSi3. The van der Waals surface area contributed by atoms with Crippen molar-refractivity contribution < 1.29 is 4.12 Å². The van der Waals surface area contributed by atoms with Crippen LogP contribution in [-0.4, -0.2) is 28.8 Å². The monoisotopic (exact) mass is 147 g/mol. The Balaban J connectivity index is 2.98. The molecule has 0 heterocycles. The summed E-state index contributed by atoms with van der Waals surface area (Å²) in [6, 6.07) is 1.14. The van der Waals surface area contributed by atoms with Gasteiger partial charge in [-0.25, -0.2) is 0 Å². The van der Waals surface area contributed by atoms with Crippen LogP contribution in [0.1, 0.15) is 0 Å². The number of hydrogen-bond acceptors (Lipinski definition) is 1. The van der Waals surface area contributed by atoms with Gasteiger partial charge in [-0.3, -0.25) is 0 Å². The Hall–Kier alpha value is 0.351. The molecule has 4 heteroatoms. The van der Waals surface area contributed by atoms with Crippen LogP contribution in [0.2, 0.25) is 6.04 Å². The smallest absolute Gasteiger partial charge is 0.173 e. The third-order valence-corrected chi connectivity index (χ3v) is 9.33. The van der Waals surface area contributed by atoms with E-state index >= 15 is 0 Å². The summed E-state index contributed by atoms with van der Waals surface area (Å²) in [7, 11) is 1.86. The van der Waals surface area contributed by atoms with E-state index in [1.807, 2.05) is 6.08 Å². The second-order valence-corrected chi connectivity index (χ2v) is 8.19. The largest absolute Gasteiger partial charge is 0.466 e. The first-order chi connectivity index (χ1) is 3.31. The third kappa shape index (κ3) is 4.20. The molecule has 0 aromatic rings. The molecule has 0 aromatic carbocycles. The van der Waals surface area contributed by atoms with E-state index in [0.29, 0.717) is 0 Å². The first-order valence-electron chi connectivity index (χ1n) is 2.28. The molecule has 1 radical (unpaired) electrons. The van der Waals surface area contributed by atoms with E-state index in [9.17, 15) is 0 Å². The standard InChI is InChI=1S/C3H11OSi3/c1-2-3-7(6)4-5/h2H,1,3H2,5-6H3. The van der Waals surface area contributed by atoms with E-state index in [2.05, 4.69) is 6.58 Å². The van der Waals surface area contributed by atoms with Crippen LogP contribution in [0.25, 0.3) is 0 Å². The molecule has 0 unspecified atom stereocenters. The van der Waals surface area contributed by atoms with Crippen molar-refractivity contribution >= 4 is 28.8 Å². The zero-order valence-corrected chi connectivity index (χ0v) is 9.90. The molecule has 0 amide bonds. The fourth-order valence-electron chi connectivity index (χ4n) is 0.287. The molecule has 0 N–H and O–H groups in total. The van der Waals surface area contributed by atoms with Crippen LogP contribution in [0.3, 0.4) is 0 Å². The zero-order valence-electron chi connectivity index (χ0n) is 4.90. The summed E-state index contributed by atoms with van der Waals surface area (Å²) < 4.78 is 5.22. The lowest BCUT2D eigenvalue weighted by atomic mass is 10.8. The second kappa shape index (κ2) is 4.51. The molecule has 0 atom stereocenters. The molecule has 0 saturated carbocycles. The van der Waals surface area contributed by atoms with E-state index in [4.69, 9.17) is 4.12 Å². The van der Waals surface area contributed by atoms with Crippen molar-refractivity contribution in [3.8, 4) is 0 Å². The van der Waals surface area contributed by atoms with Gasteiger partial charge in [-0.2, -0.15) is 0 Å². The van der Waals surface area contributed by atoms with Crippen molar-refractivity contribution in [3.05, 3.63) is 12.7 Å². The summed E-state index contributed by atoms with van der Waals surface area (Å²) in [6.07, 6.45) is 1.96. The Kier molecular flexibility index (Phi) is 4.73. The van der Waals surface area contributed by atoms with Crippen molar-refractivity contribution in [2.24, 2.45) is 0 Å². The van der Waals surface area contributed by atoms with Gasteiger partial charge in [-0.15, -0.1) is 6.58 Å². The fraction of sp³-hybridized carbons (Fsp3) is 0.333. The molecular weight excluding hydrogens is 136 g/mol. The van der Waals surface area contributed by atoms with E-state index in [1.54, 1.807) is 0 Å². The lowest BCUT2D eigenvalue weighted by molar-refractivity contribution is 0.657. The summed E-state index contributed by atoms with van der Waals surface area (Å²) in [5.41, 5.74) is 0. The van der Waals surface area contributed by atoms with Gasteiger partial charge in [0.15, 0.2) is 8.56 Å². The average molecular weight is 147 g/mol. The minimum absolute atomic E-state index is 0.297. The molecule has 7 heavy (non-hydrogen) atoms. The topological polar surface area (TPSA) is 9.23 Å². The van der Waals surface area contributed by atoms with Gasteiger partial charge in [0.2, 0.25) is 0 Å². The summed E-state index contributed by atoms with van der Waals surface area (Å²) in [5.74, 6) is 0. The first-order valence-corrected chi connectivity index (χ1v) is 8.21. The third-order valence-electron chi connectivity index (χ3n) is 0.780. The number of allylic oxidation sites excluding steroid dienone is 1. The van der Waals surface area contributed by atoms with E-state index < -0.39 is 0 Å². The Morgan fingerprint density at radius 1 is 1.86 bits per heavy atom. The highest BCUT2D eigenvalue weighted by Crippen LogP contribution is 1.85. The van der Waals surface area contributed by atoms with Crippen LogP contribution in [0.15, 0.2) is 12.7 Å². The van der Waals surface area contributed by atoms with Crippen molar-refractivity contribution in [3.63, 3.8) is 0 Å². The van der Waals surface area contributed by atoms with Crippen LogP contribution < -0.4 is 0 Å². The SMILES string of the molecule is C=CC[Si]([SiH3])O[SiH3]. The maximum atomic E-state index is 5.22. The summed E-state index contributed by atoms with van der Waals surface area (Å²) in [6.45, 7) is 3.63. The van der Waals surface area contributed by atoms with Crippen LogP contribution in [0.4, 0.5) is 0 Å². The quantitative estimate of drug-likeness (QED) is 0.342. The maximum Gasteiger partial charge on any atom is 0.173 e.